The van der Waals surface area contributed by atoms with Gasteiger partial charge in [0.2, 0.25) is 0 Å². The van der Waals surface area contributed by atoms with Gasteiger partial charge in [-0.1, -0.05) is 11.6 Å². The van der Waals surface area contributed by atoms with Crippen LogP contribution >= 0.6 is 11.6 Å². The van der Waals surface area contributed by atoms with Crippen molar-refractivity contribution in [2.24, 2.45) is 7.05 Å². The van der Waals surface area contributed by atoms with Crippen molar-refractivity contribution in [2.75, 3.05) is 0 Å². The Labute approximate surface area is 149 Å². The zero-order chi connectivity index (χ0) is 17.3. The van der Waals surface area contributed by atoms with E-state index in [0.717, 1.165) is 36.2 Å². The molecule has 0 aromatic carbocycles. The summed E-state index contributed by atoms with van der Waals surface area (Å²) in [4.78, 5) is 19.6. The molecule has 0 saturated carbocycles. The minimum atomic E-state index is -0.0968. The van der Waals surface area contributed by atoms with Crippen LogP contribution in [0.5, 0.6) is 0 Å². The number of carbonyl (C=O) groups excluding carboxylic acids is 1. The van der Waals surface area contributed by atoms with Gasteiger partial charge in [-0.15, -0.1) is 0 Å². The number of hydrogen-bond acceptors (Lipinski definition) is 4. The van der Waals surface area contributed by atoms with Crippen molar-refractivity contribution in [2.45, 2.75) is 38.3 Å². The highest BCUT2D eigenvalue weighted by molar-refractivity contribution is 6.33. The van der Waals surface area contributed by atoms with Gasteiger partial charge in [-0.2, -0.15) is 10.2 Å². The molecule has 5 heterocycles. The van der Waals surface area contributed by atoms with Crippen molar-refractivity contribution < 1.29 is 4.79 Å². The standard InChI is InChI=1S/C17H17ClN6O/c1-9-5-15-19-7-11-13-4-3-10(6-14(11)24(15)20-9)23(13)17(25)16-12(18)8-22(2)21-16/h5,7-8,10,13H,3-4,6H2,1-2H3/t10-,13-/m0/s1. The SMILES string of the molecule is Cc1cc2ncc3c(n2n1)C[C@@H]1CC[C@@H]3N1C(=O)c1nn(C)cc1Cl. The van der Waals surface area contributed by atoms with E-state index < -0.39 is 0 Å². The van der Waals surface area contributed by atoms with Crippen molar-refractivity contribution in [1.82, 2.24) is 29.3 Å². The summed E-state index contributed by atoms with van der Waals surface area (Å²) in [6, 6.07) is 2.15. The molecule has 25 heavy (non-hydrogen) atoms. The van der Waals surface area contributed by atoms with Gasteiger partial charge < -0.3 is 4.90 Å². The monoisotopic (exact) mass is 356 g/mol. The molecule has 0 N–H and O–H groups in total. The van der Waals surface area contributed by atoms with E-state index in [1.807, 2.05) is 28.6 Å². The second kappa shape index (κ2) is 5.05. The fraction of sp³-hybridized carbons (Fsp3) is 0.412. The normalized spacial score (nSPS) is 21.8. The summed E-state index contributed by atoms with van der Waals surface area (Å²) in [5, 5.41) is 9.23. The Morgan fingerprint density at radius 2 is 2.16 bits per heavy atom. The molecule has 2 atom stereocenters. The molecule has 1 amide bonds. The summed E-state index contributed by atoms with van der Waals surface area (Å²) in [5.74, 6) is -0.0968. The predicted molar refractivity (Wildman–Crippen MR) is 91.6 cm³/mol. The van der Waals surface area contributed by atoms with Gasteiger partial charge in [-0.05, 0) is 19.8 Å². The van der Waals surface area contributed by atoms with Crippen LogP contribution in [0.25, 0.3) is 5.65 Å². The summed E-state index contributed by atoms with van der Waals surface area (Å²) in [6.45, 7) is 1.97. The molecule has 3 aromatic rings. The van der Waals surface area contributed by atoms with E-state index in [-0.39, 0.29) is 18.0 Å². The molecule has 2 aliphatic rings. The molecule has 0 unspecified atom stereocenters. The molecule has 2 aliphatic heterocycles. The lowest BCUT2D eigenvalue weighted by Crippen LogP contribution is -2.43. The van der Waals surface area contributed by atoms with E-state index in [9.17, 15) is 4.79 Å². The Morgan fingerprint density at radius 3 is 2.92 bits per heavy atom. The second-order valence-electron chi connectivity index (χ2n) is 6.88. The number of nitrogens with zero attached hydrogens (tertiary/aromatic N) is 6. The van der Waals surface area contributed by atoms with Crippen LogP contribution in [0.15, 0.2) is 18.5 Å². The van der Waals surface area contributed by atoms with Crippen LogP contribution in [0.3, 0.4) is 0 Å². The van der Waals surface area contributed by atoms with Crippen LogP contribution in [-0.2, 0) is 13.5 Å². The van der Waals surface area contributed by atoms with Gasteiger partial charge in [0.1, 0.15) is 0 Å². The van der Waals surface area contributed by atoms with Gasteiger partial charge >= 0.3 is 0 Å². The molecule has 128 valence electrons. The smallest absolute Gasteiger partial charge is 0.276 e. The Hall–Kier alpha value is -2.41. The van der Waals surface area contributed by atoms with E-state index in [1.54, 1.807) is 17.9 Å². The molecule has 7 nitrogen and oxygen atoms in total. The quantitative estimate of drug-likeness (QED) is 0.671. The van der Waals surface area contributed by atoms with E-state index in [4.69, 9.17) is 11.6 Å². The highest BCUT2D eigenvalue weighted by Crippen LogP contribution is 2.44. The topological polar surface area (TPSA) is 68.3 Å². The first kappa shape index (κ1) is 14.9. The number of amides is 1. The number of aromatic nitrogens is 5. The molecule has 0 aliphatic carbocycles. The van der Waals surface area contributed by atoms with Gasteiger partial charge in [-0.3, -0.25) is 9.48 Å². The fourth-order valence-electron chi connectivity index (χ4n) is 4.24. The van der Waals surface area contributed by atoms with Crippen LogP contribution < -0.4 is 0 Å². The van der Waals surface area contributed by atoms with Gasteiger partial charge in [0.15, 0.2) is 11.3 Å². The Bertz CT molecular complexity index is 1020. The fourth-order valence-corrected chi connectivity index (χ4v) is 4.50. The molecule has 0 radical (unpaired) electrons. The number of hydrogen-bond donors (Lipinski definition) is 0. The van der Waals surface area contributed by atoms with Crippen LogP contribution in [0.2, 0.25) is 5.02 Å². The first-order valence-corrected chi connectivity index (χ1v) is 8.76. The third kappa shape index (κ3) is 2.05. The highest BCUT2D eigenvalue weighted by Gasteiger charge is 2.45. The third-order valence-corrected chi connectivity index (χ3v) is 5.53. The largest absolute Gasteiger partial charge is 0.327 e. The number of halogens is 1. The number of carbonyl (C=O) groups is 1. The average molecular weight is 357 g/mol. The molecule has 1 fully saturated rings. The minimum Gasteiger partial charge on any atom is -0.327 e. The lowest BCUT2D eigenvalue weighted by atomic mass is 9.98. The van der Waals surface area contributed by atoms with Crippen LogP contribution in [0.4, 0.5) is 0 Å². The van der Waals surface area contributed by atoms with Gasteiger partial charge in [-0.25, -0.2) is 9.50 Å². The lowest BCUT2D eigenvalue weighted by molar-refractivity contribution is 0.0636. The van der Waals surface area contributed by atoms with E-state index in [2.05, 4.69) is 15.2 Å². The van der Waals surface area contributed by atoms with Crippen LogP contribution in [0, 0.1) is 6.92 Å². The highest BCUT2D eigenvalue weighted by atomic mass is 35.5. The minimum absolute atomic E-state index is 0.0146. The number of aryl methyl sites for hydroxylation is 2. The van der Waals surface area contributed by atoms with Crippen molar-refractivity contribution in [3.63, 3.8) is 0 Å². The Morgan fingerprint density at radius 1 is 1.32 bits per heavy atom. The van der Waals surface area contributed by atoms with Gasteiger partial charge in [0.05, 0.1) is 22.5 Å². The molecule has 2 bridgehead atoms. The number of rotatable bonds is 1. The van der Waals surface area contributed by atoms with E-state index >= 15 is 0 Å². The number of fused-ring (bicyclic) bond motifs is 6. The van der Waals surface area contributed by atoms with Crippen molar-refractivity contribution in [3.05, 3.63) is 46.1 Å². The Kier molecular flexibility index (Phi) is 3.01. The van der Waals surface area contributed by atoms with Crippen molar-refractivity contribution in [3.8, 4) is 0 Å². The predicted octanol–water partition coefficient (Wildman–Crippen LogP) is 2.33. The lowest BCUT2D eigenvalue weighted by Gasteiger charge is -2.35. The molecular weight excluding hydrogens is 340 g/mol. The summed E-state index contributed by atoms with van der Waals surface area (Å²) in [6.07, 6.45) is 6.24. The molecule has 5 rings (SSSR count). The molecule has 0 spiro atoms. The van der Waals surface area contributed by atoms with Gasteiger partial charge in [0, 0.05) is 43.5 Å². The zero-order valence-electron chi connectivity index (χ0n) is 14.0. The molecule has 3 aromatic heterocycles. The summed E-state index contributed by atoms with van der Waals surface area (Å²) in [5.41, 5.74) is 4.40. The Balaban J connectivity index is 1.60. The van der Waals surface area contributed by atoms with Crippen molar-refractivity contribution in [1.29, 1.82) is 0 Å². The maximum Gasteiger partial charge on any atom is 0.276 e. The molecule has 1 saturated heterocycles. The second-order valence-corrected chi connectivity index (χ2v) is 7.29. The first-order chi connectivity index (χ1) is 12.0. The third-order valence-electron chi connectivity index (χ3n) is 5.25. The van der Waals surface area contributed by atoms with Crippen LogP contribution in [0.1, 0.15) is 46.3 Å². The van der Waals surface area contributed by atoms with Crippen molar-refractivity contribution >= 4 is 23.2 Å². The van der Waals surface area contributed by atoms with E-state index in [1.165, 1.54) is 5.69 Å². The summed E-state index contributed by atoms with van der Waals surface area (Å²) in [7, 11) is 1.77. The summed E-state index contributed by atoms with van der Waals surface area (Å²) < 4.78 is 3.51. The maximum atomic E-state index is 13.1. The maximum absolute atomic E-state index is 13.1. The summed E-state index contributed by atoms with van der Waals surface area (Å²) >= 11 is 6.20. The average Bonchev–Trinajstić information content (AvgIpc) is 3.21. The van der Waals surface area contributed by atoms with Crippen LogP contribution in [-0.4, -0.2) is 41.2 Å². The molecule has 8 heteroatoms. The molecular formula is C17H17ClN6O. The first-order valence-electron chi connectivity index (χ1n) is 8.39. The van der Waals surface area contributed by atoms with E-state index in [0.29, 0.717) is 10.7 Å². The van der Waals surface area contributed by atoms with Gasteiger partial charge in [0.25, 0.3) is 5.91 Å². The zero-order valence-corrected chi connectivity index (χ0v) is 14.7.